The molecule has 0 fully saturated rings. The summed E-state index contributed by atoms with van der Waals surface area (Å²) in [7, 11) is 0. The van der Waals surface area contributed by atoms with E-state index in [2.05, 4.69) is 18.3 Å². The fourth-order valence-electron chi connectivity index (χ4n) is 2.70. The first-order chi connectivity index (χ1) is 8.26. The zero-order valence-corrected chi connectivity index (χ0v) is 10.8. The highest BCUT2D eigenvalue weighted by atomic mass is 16.1. The summed E-state index contributed by atoms with van der Waals surface area (Å²) in [6.45, 7) is 5.08. The minimum Gasteiger partial charge on any atom is -0.314 e. The van der Waals surface area contributed by atoms with Crippen molar-refractivity contribution in [2.75, 3.05) is 6.54 Å². The maximum atomic E-state index is 11.9. The molecule has 1 aliphatic carbocycles. The van der Waals surface area contributed by atoms with Crippen LogP contribution < -0.4 is 5.32 Å². The van der Waals surface area contributed by atoms with E-state index in [1.165, 1.54) is 17.5 Å². The molecule has 0 aromatic heterocycles. The first-order valence-electron chi connectivity index (χ1n) is 6.63. The molecule has 1 N–H and O–H groups in total. The van der Waals surface area contributed by atoms with Crippen LogP contribution >= 0.6 is 0 Å². The van der Waals surface area contributed by atoms with E-state index in [0.29, 0.717) is 12.5 Å². The second-order valence-corrected chi connectivity index (χ2v) is 4.72. The molecule has 1 atom stereocenters. The van der Waals surface area contributed by atoms with E-state index >= 15 is 0 Å². The second-order valence-electron chi connectivity index (χ2n) is 4.72. The number of aryl methyl sites for hydroxylation is 1. The number of hydrogen-bond acceptors (Lipinski definition) is 2. The normalized spacial score (nSPS) is 18.8. The Morgan fingerprint density at radius 1 is 1.41 bits per heavy atom. The minimum absolute atomic E-state index is 0.277. The Balaban J connectivity index is 2.29. The summed E-state index contributed by atoms with van der Waals surface area (Å²) >= 11 is 0. The maximum absolute atomic E-state index is 11.9. The van der Waals surface area contributed by atoms with Crippen molar-refractivity contribution in [1.82, 2.24) is 5.32 Å². The molecule has 17 heavy (non-hydrogen) atoms. The van der Waals surface area contributed by atoms with Gasteiger partial charge in [0.2, 0.25) is 0 Å². The van der Waals surface area contributed by atoms with Gasteiger partial charge < -0.3 is 5.32 Å². The standard InChI is InChI=1S/C15H21NO/c1-3-15(17)13-7-5-6-11-8-9-12(16-4-2)10-14(11)13/h5-7,12,16H,3-4,8-10H2,1-2H3. The van der Waals surface area contributed by atoms with Gasteiger partial charge in [0.15, 0.2) is 5.78 Å². The Kier molecular flexibility index (Phi) is 3.95. The van der Waals surface area contributed by atoms with Crippen LogP contribution in [-0.4, -0.2) is 18.4 Å². The number of carbonyl (C=O) groups excluding carboxylic acids is 1. The summed E-state index contributed by atoms with van der Waals surface area (Å²) in [6, 6.07) is 6.72. The zero-order chi connectivity index (χ0) is 12.3. The SMILES string of the molecule is CCNC1CCc2cccc(C(=O)CC)c2C1. The molecule has 1 aromatic carbocycles. The molecule has 1 aromatic rings. The minimum atomic E-state index is 0.277. The average Bonchev–Trinajstić information content (AvgIpc) is 2.37. The van der Waals surface area contributed by atoms with Crippen LogP contribution in [0.15, 0.2) is 18.2 Å². The van der Waals surface area contributed by atoms with Crippen LogP contribution in [0.25, 0.3) is 0 Å². The molecule has 0 aliphatic heterocycles. The largest absolute Gasteiger partial charge is 0.314 e. The smallest absolute Gasteiger partial charge is 0.162 e. The number of hydrogen-bond donors (Lipinski definition) is 1. The number of carbonyl (C=O) groups is 1. The van der Waals surface area contributed by atoms with Gasteiger partial charge in [-0.2, -0.15) is 0 Å². The molecule has 0 saturated carbocycles. The molecule has 92 valence electrons. The molecule has 0 radical (unpaired) electrons. The van der Waals surface area contributed by atoms with Crippen molar-refractivity contribution in [3.63, 3.8) is 0 Å². The zero-order valence-electron chi connectivity index (χ0n) is 10.8. The third kappa shape index (κ3) is 2.58. The van der Waals surface area contributed by atoms with Gasteiger partial charge in [-0.3, -0.25) is 4.79 Å². The lowest BCUT2D eigenvalue weighted by Gasteiger charge is -2.26. The van der Waals surface area contributed by atoms with Gasteiger partial charge in [0.25, 0.3) is 0 Å². The van der Waals surface area contributed by atoms with Gasteiger partial charge in [0.1, 0.15) is 0 Å². The molecule has 0 bridgehead atoms. The summed E-state index contributed by atoms with van der Waals surface area (Å²) in [6.07, 6.45) is 3.88. The Bertz CT molecular complexity index is 411. The lowest BCUT2D eigenvalue weighted by Crippen LogP contribution is -2.35. The van der Waals surface area contributed by atoms with Crippen LogP contribution in [0.4, 0.5) is 0 Å². The molecule has 2 rings (SSSR count). The third-order valence-corrected chi connectivity index (χ3v) is 3.60. The van der Waals surface area contributed by atoms with Gasteiger partial charge >= 0.3 is 0 Å². The predicted octanol–water partition coefficient (Wildman–Crippen LogP) is 2.75. The van der Waals surface area contributed by atoms with E-state index in [4.69, 9.17) is 0 Å². The van der Waals surface area contributed by atoms with Gasteiger partial charge in [0.05, 0.1) is 0 Å². The summed E-state index contributed by atoms with van der Waals surface area (Å²) < 4.78 is 0. The van der Waals surface area contributed by atoms with E-state index in [9.17, 15) is 4.79 Å². The van der Waals surface area contributed by atoms with Crippen LogP contribution in [0, 0.1) is 0 Å². The molecule has 0 saturated heterocycles. The lowest BCUT2D eigenvalue weighted by molar-refractivity contribution is 0.0987. The van der Waals surface area contributed by atoms with Gasteiger partial charge in [-0.15, -0.1) is 0 Å². The van der Waals surface area contributed by atoms with Crippen molar-refractivity contribution in [3.8, 4) is 0 Å². The molecule has 1 aliphatic rings. The Morgan fingerprint density at radius 3 is 2.94 bits per heavy atom. The quantitative estimate of drug-likeness (QED) is 0.807. The van der Waals surface area contributed by atoms with Crippen LogP contribution in [0.1, 0.15) is 48.2 Å². The lowest BCUT2D eigenvalue weighted by atomic mass is 9.84. The monoisotopic (exact) mass is 231 g/mol. The van der Waals surface area contributed by atoms with Crippen molar-refractivity contribution in [3.05, 3.63) is 34.9 Å². The second kappa shape index (κ2) is 5.46. The van der Waals surface area contributed by atoms with Gasteiger partial charge in [-0.1, -0.05) is 32.0 Å². The van der Waals surface area contributed by atoms with E-state index in [-0.39, 0.29) is 5.78 Å². The first-order valence-corrected chi connectivity index (χ1v) is 6.63. The highest BCUT2D eigenvalue weighted by Crippen LogP contribution is 2.25. The topological polar surface area (TPSA) is 29.1 Å². The molecule has 0 heterocycles. The number of benzene rings is 1. The van der Waals surface area contributed by atoms with Gasteiger partial charge in [-0.05, 0) is 36.9 Å². The predicted molar refractivity (Wildman–Crippen MR) is 70.6 cm³/mol. The average molecular weight is 231 g/mol. The van der Waals surface area contributed by atoms with Crippen molar-refractivity contribution < 1.29 is 4.79 Å². The number of ketones is 1. The van der Waals surface area contributed by atoms with Crippen LogP contribution in [0.2, 0.25) is 0 Å². The summed E-state index contributed by atoms with van der Waals surface area (Å²) in [5, 5.41) is 3.50. The van der Waals surface area contributed by atoms with E-state index in [1.807, 2.05) is 19.1 Å². The molecule has 0 spiro atoms. The Morgan fingerprint density at radius 2 is 2.24 bits per heavy atom. The summed E-state index contributed by atoms with van der Waals surface area (Å²) in [5.41, 5.74) is 3.61. The van der Waals surface area contributed by atoms with Crippen molar-refractivity contribution in [1.29, 1.82) is 0 Å². The van der Waals surface area contributed by atoms with E-state index < -0.39 is 0 Å². The van der Waals surface area contributed by atoms with Crippen LogP contribution in [-0.2, 0) is 12.8 Å². The molecule has 1 unspecified atom stereocenters. The number of fused-ring (bicyclic) bond motifs is 1. The first kappa shape index (κ1) is 12.3. The number of nitrogens with one attached hydrogen (secondary N) is 1. The summed E-state index contributed by atoms with van der Waals surface area (Å²) in [5.74, 6) is 0.277. The van der Waals surface area contributed by atoms with Crippen molar-refractivity contribution in [2.45, 2.75) is 45.6 Å². The van der Waals surface area contributed by atoms with E-state index in [1.54, 1.807) is 0 Å². The van der Waals surface area contributed by atoms with Crippen LogP contribution in [0.3, 0.4) is 0 Å². The molecular formula is C15H21NO. The van der Waals surface area contributed by atoms with Gasteiger partial charge in [-0.25, -0.2) is 0 Å². The highest BCUT2D eigenvalue weighted by molar-refractivity contribution is 5.97. The fraction of sp³-hybridized carbons (Fsp3) is 0.533. The molecule has 0 amide bonds. The van der Waals surface area contributed by atoms with Gasteiger partial charge in [0, 0.05) is 18.0 Å². The third-order valence-electron chi connectivity index (χ3n) is 3.60. The highest BCUT2D eigenvalue weighted by Gasteiger charge is 2.21. The Hall–Kier alpha value is -1.15. The number of Topliss-reactive ketones (excluding diaryl/α,β-unsaturated/α-hetero) is 1. The van der Waals surface area contributed by atoms with E-state index in [0.717, 1.165) is 24.9 Å². The number of likely N-dealkylation sites (N-methyl/N-ethyl adjacent to an activating group) is 1. The van der Waals surface area contributed by atoms with Crippen LogP contribution in [0.5, 0.6) is 0 Å². The summed E-state index contributed by atoms with van der Waals surface area (Å²) in [4.78, 5) is 11.9. The Labute approximate surface area is 103 Å². The molecule has 2 nitrogen and oxygen atoms in total. The maximum Gasteiger partial charge on any atom is 0.162 e. The van der Waals surface area contributed by atoms with Crippen molar-refractivity contribution in [2.24, 2.45) is 0 Å². The molecule has 2 heteroatoms. The number of rotatable bonds is 4. The molecular weight excluding hydrogens is 210 g/mol. The van der Waals surface area contributed by atoms with Crippen molar-refractivity contribution >= 4 is 5.78 Å². The fourth-order valence-corrected chi connectivity index (χ4v) is 2.70.